The lowest BCUT2D eigenvalue weighted by atomic mass is 10.1. The topological polar surface area (TPSA) is 24.9 Å². The molecule has 0 aromatic carbocycles. The van der Waals surface area contributed by atoms with Crippen molar-refractivity contribution in [1.82, 2.24) is 10.3 Å². The molecule has 1 aromatic heterocycles. The Morgan fingerprint density at radius 3 is 3.00 bits per heavy atom. The molecular formula is C13H20N2. The van der Waals surface area contributed by atoms with E-state index in [0.29, 0.717) is 0 Å². The fourth-order valence-electron chi connectivity index (χ4n) is 2.34. The number of nitrogens with zero attached hydrogens (tertiary/aromatic N) is 1. The lowest BCUT2D eigenvalue weighted by molar-refractivity contribution is 0.504. The number of aromatic nitrogens is 1. The number of hydrogen-bond acceptors (Lipinski definition) is 2. The van der Waals surface area contributed by atoms with Crippen LogP contribution in [0.25, 0.3) is 0 Å². The average Bonchev–Trinajstić information content (AvgIpc) is 2.66. The van der Waals surface area contributed by atoms with Crippen molar-refractivity contribution in [2.45, 2.75) is 38.6 Å². The van der Waals surface area contributed by atoms with Crippen LogP contribution in [-0.2, 0) is 6.42 Å². The van der Waals surface area contributed by atoms with Crippen LogP contribution in [0.5, 0.6) is 0 Å². The van der Waals surface area contributed by atoms with Gasteiger partial charge in [-0.05, 0) is 37.3 Å². The van der Waals surface area contributed by atoms with Gasteiger partial charge in [0.25, 0.3) is 0 Å². The van der Waals surface area contributed by atoms with Crippen LogP contribution in [0.1, 0.15) is 31.9 Å². The standard InChI is InChI=1S/C13H20N2/c1-11-5-6-13(10-11)15-9-7-12-4-2-3-8-14-12/h2-4,8,11,13,15H,5-7,9-10H2,1H3/t11-,13-/m0/s1. The average molecular weight is 204 g/mol. The molecular weight excluding hydrogens is 184 g/mol. The lowest BCUT2D eigenvalue weighted by Crippen LogP contribution is -2.28. The molecule has 0 radical (unpaired) electrons. The molecule has 2 rings (SSSR count). The molecule has 1 saturated carbocycles. The van der Waals surface area contributed by atoms with Crippen molar-refractivity contribution in [3.8, 4) is 0 Å². The fraction of sp³-hybridized carbons (Fsp3) is 0.615. The van der Waals surface area contributed by atoms with Crippen molar-refractivity contribution < 1.29 is 0 Å². The molecule has 0 amide bonds. The smallest absolute Gasteiger partial charge is 0.0416 e. The summed E-state index contributed by atoms with van der Waals surface area (Å²) < 4.78 is 0. The van der Waals surface area contributed by atoms with Gasteiger partial charge in [-0.25, -0.2) is 0 Å². The first-order valence-corrected chi connectivity index (χ1v) is 5.98. The number of hydrogen-bond donors (Lipinski definition) is 1. The van der Waals surface area contributed by atoms with Gasteiger partial charge in [0.05, 0.1) is 0 Å². The van der Waals surface area contributed by atoms with Crippen LogP contribution >= 0.6 is 0 Å². The van der Waals surface area contributed by atoms with E-state index >= 15 is 0 Å². The molecule has 1 aromatic rings. The van der Waals surface area contributed by atoms with Crippen LogP contribution in [0.2, 0.25) is 0 Å². The third-order valence-electron chi connectivity index (χ3n) is 3.24. The van der Waals surface area contributed by atoms with Gasteiger partial charge < -0.3 is 5.32 Å². The van der Waals surface area contributed by atoms with Crippen LogP contribution in [0.4, 0.5) is 0 Å². The first-order valence-electron chi connectivity index (χ1n) is 5.98. The summed E-state index contributed by atoms with van der Waals surface area (Å²) in [5.41, 5.74) is 1.19. The first-order chi connectivity index (χ1) is 7.34. The molecule has 2 nitrogen and oxygen atoms in total. The molecule has 1 fully saturated rings. The highest BCUT2D eigenvalue weighted by atomic mass is 14.9. The summed E-state index contributed by atoms with van der Waals surface area (Å²) in [6, 6.07) is 6.87. The summed E-state index contributed by atoms with van der Waals surface area (Å²) in [5.74, 6) is 0.914. The third kappa shape index (κ3) is 3.31. The molecule has 1 aliphatic carbocycles. The van der Waals surface area contributed by atoms with E-state index in [9.17, 15) is 0 Å². The first kappa shape index (κ1) is 10.6. The Bertz CT molecular complexity index is 284. The van der Waals surface area contributed by atoms with Crippen molar-refractivity contribution >= 4 is 0 Å². The summed E-state index contributed by atoms with van der Waals surface area (Å²) in [4.78, 5) is 4.32. The summed E-state index contributed by atoms with van der Waals surface area (Å²) in [5, 5.41) is 3.62. The maximum atomic E-state index is 4.32. The Balaban J connectivity index is 1.67. The molecule has 0 aliphatic heterocycles. The highest BCUT2D eigenvalue weighted by Gasteiger charge is 2.20. The van der Waals surface area contributed by atoms with Crippen molar-refractivity contribution in [2.24, 2.45) is 5.92 Å². The summed E-state index contributed by atoms with van der Waals surface area (Å²) in [6.07, 6.45) is 7.01. The van der Waals surface area contributed by atoms with E-state index in [1.807, 2.05) is 12.3 Å². The van der Waals surface area contributed by atoms with Crippen molar-refractivity contribution in [1.29, 1.82) is 0 Å². The van der Waals surface area contributed by atoms with Gasteiger partial charge in [0, 0.05) is 30.9 Å². The predicted octanol–water partition coefficient (Wildman–Crippen LogP) is 2.40. The molecule has 0 unspecified atom stereocenters. The maximum Gasteiger partial charge on any atom is 0.0416 e. The molecule has 15 heavy (non-hydrogen) atoms. The molecule has 1 aliphatic rings. The maximum absolute atomic E-state index is 4.32. The quantitative estimate of drug-likeness (QED) is 0.814. The summed E-state index contributed by atoms with van der Waals surface area (Å²) >= 11 is 0. The molecule has 0 saturated heterocycles. The van der Waals surface area contributed by atoms with E-state index < -0.39 is 0 Å². The second kappa shape index (κ2) is 5.26. The zero-order chi connectivity index (χ0) is 10.5. The van der Waals surface area contributed by atoms with E-state index in [1.54, 1.807) is 0 Å². The minimum Gasteiger partial charge on any atom is -0.314 e. The van der Waals surface area contributed by atoms with Crippen LogP contribution in [0, 0.1) is 5.92 Å². The normalized spacial score (nSPS) is 25.7. The van der Waals surface area contributed by atoms with Crippen molar-refractivity contribution in [2.75, 3.05) is 6.54 Å². The van der Waals surface area contributed by atoms with Crippen LogP contribution < -0.4 is 5.32 Å². The largest absolute Gasteiger partial charge is 0.314 e. The van der Waals surface area contributed by atoms with Gasteiger partial charge in [-0.3, -0.25) is 4.98 Å². The highest BCUT2D eigenvalue weighted by Crippen LogP contribution is 2.24. The van der Waals surface area contributed by atoms with Crippen LogP contribution in [-0.4, -0.2) is 17.6 Å². The molecule has 2 atom stereocenters. The Labute approximate surface area is 92.1 Å². The Kier molecular flexibility index (Phi) is 3.73. The molecule has 1 heterocycles. The number of nitrogens with one attached hydrogen (secondary N) is 1. The van der Waals surface area contributed by atoms with E-state index in [-0.39, 0.29) is 0 Å². The number of pyridine rings is 1. The fourth-order valence-corrected chi connectivity index (χ4v) is 2.34. The van der Waals surface area contributed by atoms with Gasteiger partial charge in [0.1, 0.15) is 0 Å². The van der Waals surface area contributed by atoms with Gasteiger partial charge in [-0.2, -0.15) is 0 Å². The van der Waals surface area contributed by atoms with Crippen molar-refractivity contribution in [3.05, 3.63) is 30.1 Å². The minimum atomic E-state index is 0.753. The second-order valence-electron chi connectivity index (χ2n) is 4.64. The second-order valence-corrected chi connectivity index (χ2v) is 4.64. The van der Waals surface area contributed by atoms with E-state index in [2.05, 4.69) is 29.4 Å². The van der Waals surface area contributed by atoms with Gasteiger partial charge in [-0.1, -0.05) is 13.0 Å². The zero-order valence-electron chi connectivity index (χ0n) is 9.45. The molecule has 1 N–H and O–H groups in total. The summed E-state index contributed by atoms with van der Waals surface area (Å²) in [6.45, 7) is 3.41. The predicted molar refractivity (Wildman–Crippen MR) is 62.7 cm³/mol. The van der Waals surface area contributed by atoms with Gasteiger partial charge in [0.2, 0.25) is 0 Å². The molecule has 0 spiro atoms. The lowest BCUT2D eigenvalue weighted by Gasteiger charge is -2.11. The third-order valence-corrected chi connectivity index (χ3v) is 3.24. The van der Waals surface area contributed by atoms with Gasteiger partial charge in [-0.15, -0.1) is 0 Å². The van der Waals surface area contributed by atoms with Gasteiger partial charge >= 0.3 is 0 Å². The van der Waals surface area contributed by atoms with Crippen molar-refractivity contribution in [3.63, 3.8) is 0 Å². The Morgan fingerprint density at radius 1 is 1.40 bits per heavy atom. The number of rotatable bonds is 4. The minimum absolute atomic E-state index is 0.753. The molecule has 2 heteroatoms. The van der Waals surface area contributed by atoms with E-state index in [0.717, 1.165) is 24.9 Å². The monoisotopic (exact) mass is 204 g/mol. The Morgan fingerprint density at radius 2 is 2.33 bits per heavy atom. The molecule has 82 valence electrons. The van der Waals surface area contributed by atoms with E-state index in [1.165, 1.54) is 25.0 Å². The van der Waals surface area contributed by atoms with E-state index in [4.69, 9.17) is 0 Å². The Hall–Kier alpha value is -0.890. The zero-order valence-corrected chi connectivity index (χ0v) is 9.45. The summed E-state index contributed by atoms with van der Waals surface area (Å²) in [7, 11) is 0. The molecule has 0 bridgehead atoms. The SMILES string of the molecule is C[C@H]1CC[C@H](NCCc2ccccn2)C1. The van der Waals surface area contributed by atoms with Crippen LogP contribution in [0.3, 0.4) is 0 Å². The van der Waals surface area contributed by atoms with Crippen LogP contribution in [0.15, 0.2) is 24.4 Å². The highest BCUT2D eigenvalue weighted by molar-refractivity contribution is 5.03. The van der Waals surface area contributed by atoms with Gasteiger partial charge in [0.15, 0.2) is 0 Å².